The minimum absolute atomic E-state index is 0.241. The van der Waals surface area contributed by atoms with Crippen molar-refractivity contribution in [3.8, 4) is 11.5 Å². The minimum Gasteiger partial charge on any atom is -0.465 e. The van der Waals surface area contributed by atoms with E-state index in [-0.39, 0.29) is 11.9 Å². The summed E-state index contributed by atoms with van der Waals surface area (Å²) >= 11 is 0. The van der Waals surface area contributed by atoms with Gasteiger partial charge >= 0.3 is 5.97 Å². The minimum atomic E-state index is -0.951. The Bertz CT molecular complexity index is 529. The highest BCUT2D eigenvalue weighted by atomic mass is 16.5. The predicted molar refractivity (Wildman–Crippen MR) is 63.7 cm³/mol. The maximum absolute atomic E-state index is 11.8. The maximum atomic E-state index is 11.8. The molecule has 0 fully saturated rings. The van der Waals surface area contributed by atoms with Crippen LogP contribution in [0.3, 0.4) is 0 Å². The first-order valence-corrected chi connectivity index (χ1v) is 5.71. The second-order valence-electron chi connectivity index (χ2n) is 4.35. The second-order valence-corrected chi connectivity index (χ2v) is 4.35. The van der Waals surface area contributed by atoms with Crippen LogP contribution in [0.2, 0.25) is 0 Å². The zero-order valence-corrected chi connectivity index (χ0v) is 10.6. The van der Waals surface area contributed by atoms with Crippen molar-refractivity contribution in [2.75, 3.05) is 6.61 Å². The molecule has 2 aromatic rings. The van der Waals surface area contributed by atoms with Gasteiger partial charge in [0.2, 0.25) is 11.7 Å². The van der Waals surface area contributed by atoms with E-state index in [9.17, 15) is 4.79 Å². The Morgan fingerprint density at radius 2 is 2.33 bits per heavy atom. The molecule has 0 saturated heterocycles. The maximum Gasteiger partial charge on any atom is 0.321 e. The number of hydrogen-bond donors (Lipinski definition) is 1. The lowest BCUT2D eigenvalue weighted by atomic mass is 9.94. The van der Waals surface area contributed by atoms with Gasteiger partial charge in [-0.15, -0.1) is 0 Å². The molecule has 0 aliphatic rings. The normalized spacial score (nSPS) is 11.5. The van der Waals surface area contributed by atoms with Crippen LogP contribution in [-0.4, -0.2) is 27.7 Å². The van der Waals surface area contributed by atoms with E-state index in [2.05, 4.69) is 15.1 Å². The molecular formula is C12H15N3O3. The third-order valence-corrected chi connectivity index (χ3v) is 2.59. The molecule has 0 atom stereocenters. The smallest absolute Gasteiger partial charge is 0.321 e. The standard InChI is InChI=1S/C12H15N3O3/c1-4-17-11(16)12(2,3)10-14-9(15-18-10)8-6-5-7-13-8/h5-7,13H,4H2,1-3H3. The van der Waals surface area contributed by atoms with E-state index < -0.39 is 5.41 Å². The molecule has 18 heavy (non-hydrogen) atoms. The van der Waals surface area contributed by atoms with Gasteiger partial charge in [-0.05, 0) is 32.9 Å². The molecule has 2 aromatic heterocycles. The molecule has 0 aliphatic heterocycles. The Morgan fingerprint density at radius 1 is 1.56 bits per heavy atom. The molecular weight excluding hydrogens is 234 g/mol. The van der Waals surface area contributed by atoms with Crippen LogP contribution < -0.4 is 0 Å². The van der Waals surface area contributed by atoms with Crippen molar-refractivity contribution in [2.24, 2.45) is 0 Å². The van der Waals surface area contributed by atoms with Crippen molar-refractivity contribution >= 4 is 5.97 Å². The number of nitrogens with one attached hydrogen (secondary N) is 1. The molecule has 0 aromatic carbocycles. The number of aromatic amines is 1. The van der Waals surface area contributed by atoms with Crippen molar-refractivity contribution in [3.05, 3.63) is 24.2 Å². The number of esters is 1. The summed E-state index contributed by atoms with van der Waals surface area (Å²) < 4.78 is 10.1. The van der Waals surface area contributed by atoms with Gasteiger partial charge in [-0.25, -0.2) is 0 Å². The van der Waals surface area contributed by atoms with E-state index in [1.54, 1.807) is 27.0 Å². The van der Waals surface area contributed by atoms with E-state index in [4.69, 9.17) is 9.26 Å². The van der Waals surface area contributed by atoms with Gasteiger partial charge in [0.25, 0.3) is 0 Å². The molecule has 6 nitrogen and oxygen atoms in total. The zero-order chi connectivity index (χ0) is 13.2. The summed E-state index contributed by atoms with van der Waals surface area (Å²) in [6.45, 7) is 5.46. The highest BCUT2D eigenvalue weighted by Crippen LogP contribution is 2.25. The average molecular weight is 249 g/mol. The van der Waals surface area contributed by atoms with Crippen LogP contribution in [0.5, 0.6) is 0 Å². The lowest BCUT2D eigenvalue weighted by molar-refractivity contribution is -0.149. The molecule has 0 saturated carbocycles. The topological polar surface area (TPSA) is 81.0 Å². The third kappa shape index (κ3) is 2.13. The monoisotopic (exact) mass is 249 g/mol. The Kier molecular flexibility index (Phi) is 3.18. The first-order chi connectivity index (χ1) is 8.55. The number of ether oxygens (including phenoxy) is 1. The van der Waals surface area contributed by atoms with E-state index in [0.717, 1.165) is 5.69 Å². The fourth-order valence-electron chi connectivity index (χ4n) is 1.45. The van der Waals surface area contributed by atoms with Crippen LogP contribution >= 0.6 is 0 Å². The number of nitrogens with zero attached hydrogens (tertiary/aromatic N) is 2. The lowest BCUT2D eigenvalue weighted by Gasteiger charge is -2.16. The van der Waals surface area contributed by atoms with Gasteiger partial charge in [-0.2, -0.15) is 4.98 Å². The van der Waals surface area contributed by atoms with Crippen LogP contribution in [0.1, 0.15) is 26.7 Å². The van der Waals surface area contributed by atoms with Crippen molar-refractivity contribution in [3.63, 3.8) is 0 Å². The van der Waals surface area contributed by atoms with Crippen molar-refractivity contribution < 1.29 is 14.1 Å². The second kappa shape index (κ2) is 4.64. The van der Waals surface area contributed by atoms with E-state index in [1.807, 2.05) is 12.1 Å². The summed E-state index contributed by atoms with van der Waals surface area (Å²) in [5, 5.41) is 3.84. The molecule has 0 bridgehead atoms. The Balaban J connectivity index is 2.27. The van der Waals surface area contributed by atoms with Gasteiger partial charge in [0.15, 0.2) is 0 Å². The van der Waals surface area contributed by atoms with E-state index in [0.29, 0.717) is 12.4 Å². The van der Waals surface area contributed by atoms with Gasteiger partial charge < -0.3 is 14.2 Å². The highest BCUT2D eigenvalue weighted by Gasteiger charge is 2.37. The van der Waals surface area contributed by atoms with Crippen LogP contribution in [0, 0.1) is 0 Å². The van der Waals surface area contributed by atoms with Gasteiger partial charge in [0, 0.05) is 6.20 Å². The number of hydrogen-bond acceptors (Lipinski definition) is 5. The first kappa shape index (κ1) is 12.3. The van der Waals surface area contributed by atoms with Crippen LogP contribution in [0.15, 0.2) is 22.9 Å². The highest BCUT2D eigenvalue weighted by molar-refractivity contribution is 5.80. The molecule has 0 aliphatic carbocycles. The molecule has 6 heteroatoms. The summed E-state index contributed by atoms with van der Waals surface area (Å²) in [4.78, 5) is 19.0. The summed E-state index contributed by atoms with van der Waals surface area (Å²) in [7, 11) is 0. The number of rotatable bonds is 4. The van der Waals surface area contributed by atoms with Crippen LogP contribution in [0.25, 0.3) is 11.5 Å². The molecule has 0 amide bonds. The number of carbonyl (C=O) groups excluding carboxylic acids is 1. The van der Waals surface area contributed by atoms with E-state index >= 15 is 0 Å². The number of H-pyrrole nitrogens is 1. The molecule has 2 rings (SSSR count). The Labute approximate surface area is 104 Å². The van der Waals surface area contributed by atoms with Gasteiger partial charge in [-0.3, -0.25) is 4.79 Å². The average Bonchev–Trinajstić information content (AvgIpc) is 3.00. The van der Waals surface area contributed by atoms with Crippen LogP contribution in [0.4, 0.5) is 0 Å². The molecule has 1 N–H and O–H groups in total. The fourth-order valence-corrected chi connectivity index (χ4v) is 1.45. The van der Waals surface area contributed by atoms with Gasteiger partial charge in [0.05, 0.1) is 12.3 Å². The van der Waals surface area contributed by atoms with Crippen molar-refractivity contribution in [2.45, 2.75) is 26.2 Å². The summed E-state index contributed by atoms with van der Waals surface area (Å²) in [6, 6.07) is 3.66. The third-order valence-electron chi connectivity index (χ3n) is 2.59. The molecule has 2 heterocycles. The number of aromatic nitrogens is 3. The zero-order valence-electron chi connectivity index (χ0n) is 10.6. The van der Waals surface area contributed by atoms with E-state index in [1.165, 1.54) is 0 Å². The summed E-state index contributed by atoms with van der Waals surface area (Å²) in [5.41, 5.74) is -0.210. The van der Waals surface area contributed by atoms with Crippen LogP contribution in [-0.2, 0) is 14.9 Å². The fraction of sp³-hybridized carbons (Fsp3) is 0.417. The predicted octanol–water partition coefficient (Wildman–Crippen LogP) is 1.91. The lowest BCUT2D eigenvalue weighted by Crippen LogP contribution is -2.31. The van der Waals surface area contributed by atoms with Gasteiger partial charge in [0.1, 0.15) is 5.41 Å². The van der Waals surface area contributed by atoms with Crippen molar-refractivity contribution in [1.82, 2.24) is 15.1 Å². The molecule has 0 unspecified atom stereocenters. The Hall–Kier alpha value is -2.11. The summed E-state index contributed by atoms with van der Waals surface area (Å²) in [6.07, 6.45) is 1.77. The number of carbonyl (C=O) groups is 1. The summed E-state index contributed by atoms with van der Waals surface area (Å²) in [5.74, 6) is 0.282. The van der Waals surface area contributed by atoms with Gasteiger partial charge in [-0.1, -0.05) is 5.16 Å². The molecule has 0 radical (unpaired) electrons. The quantitative estimate of drug-likeness (QED) is 0.837. The van der Waals surface area contributed by atoms with Crippen molar-refractivity contribution in [1.29, 1.82) is 0 Å². The largest absolute Gasteiger partial charge is 0.465 e. The molecule has 96 valence electrons. The Morgan fingerprint density at radius 3 is 2.94 bits per heavy atom. The SMILES string of the molecule is CCOC(=O)C(C)(C)c1nc(-c2ccc[nH]2)no1. The molecule has 0 spiro atoms. The first-order valence-electron chi connectivity index (χ1n) is 5.71.